The number of fused-ring (bicyclic) bond motifs is 3. The molecule has 0 aliphatic heterocycles. The Morgan fingerprint density at radius 1 is 0.786 bits per heavy atom. The van der Waals surface area contributed by atoms with E-state index >= 15 is 0 Å². The molecule has 0 amide bonds. The van der Waals surface area contributed by atoms with Gasteiger partial charge < -0.3 is 0 Å². The standard InChI is InChI=1S/C9H5N5/c1-2-7-9(14-13-5-12-7)8-6(1)10-3-4-11-8/h1-5H. The van der Waals surface area contributed by atoms with E-state index in [4.69, 9.17) is 0 Å². The predicted octanol–water partition coefficient (Wildman–Crippen LogP) is 0.968. The van der Waals surface area contributed by atoms with Gasteiger partial charge in [-0.1, -0.05) is 0 Å². The molecule has 0 spiro atoms. The molecule has 2 aromatic heterocycles. The summed E-state index contributed by atoms with van der Waals surface area (Å²) < 4.78 is 0. The number of nitrogens with zero attached hydrogens (tertiary/aromatic N) is 5. The summed E-state index contributed by atoms with van der Waals surface area (Å²) >= 11 is 0. The van der Waals surface area contributed by atoms with E-state index in [0.717, 1.165) is 16.6 Å². The molecule has 0 bridgehead atoms. The molecular weight excluding hydrogens is 178 g/mol. The summed E-state index contributed by atoms with van der Waals surface area (Å²) in [7, 11) is 0. The van der Waals surface area contributed by atoms with Crippen LogP contribution in [0.3, 0.4) is 0 Å². The minimum Gasteiger partial charge on any atom is -0.253 e. The van der Waals surface area contributed by atoms with Crippen LogP contribution in [0.5, 0.6) is 0 Å². The highest BCUT2D eigenvalue weighted by atomic mass is 15.1. The summed E-state index contributed by atoms with van der Waals surface area (Å²) in [5.74, 6) is 0. The van der Waals surface area contributed by atoms with Crippen molar-refractivity contribution in [3.63, 3.8) is 0 Å². The summed E-state index contributed by atoms with van der Waals surface area (Å²) in [5.41, 5.74) is 3.03. The van der Waals surface area contributed by atoms with Crippen molar-refractivity contribution < 1.29 is 0 Å². The zero-order chi connectivity index (χ0) is 9.38. The molecule has 14 heavy (non-hydrogen) atoms. The van der Waals surface area contributed by atoms with Gasteiger partial charge in [-0.3, -0.25) is 9.97 Å². The summed E-state index contributed by atoms with van der Waals surface area (Å²) in [6.45, 7) is 0. The van der Waals surface area contributed by atoms with Crippen LogP contribution in [0.1, 0.15) is 0 Å². The zero-order valence-electron chi connectivity index (χ0n) is 7.12. The summed E-state index contributed by atoms with van der Waals surface area (Å²) in [5, 5.41) is 7.73. The first-order chi connectivity index (χ1) is 6.95. The van der Waals surface area contributed by atoms with E-state index in [2.05, 4.69) is 25.1 Å². The first-order valence-corrected chi connectivity index (χ1v) is 4.12. The molecular formula is C9H5N5. The normalized spacial score (nSPS) is 10.9. The quantitative estimate of drug-likeness (QED) is 0.486. The Morgan fingerprint density at radius 3 is 2.50 bits per heavy atom. The lowest BCUT2D eigenvalue weighted by Crippen LogP contribution is -1.90. The van der Waals surface area contributed by atoms with E-state index in [1.54, 1.807) is 12.4 Å². The highest BCUT2D eigenvalue weighted by Crippen LogP contribution is 2.16. The number of hydrogen-bond donors (Lipinski definition) is 0. The third-order valence-corrected chi connectivity index (χ3v) is 2.00. The third-order valence-electron chi connectivity index (χ3n) is 2.00. The van der Waals surface area contributed by atoms with E-state index in [0.29, 0.717) is 5.52 Å². The maximum Gasteiger partial charge on any atom is 0.139 e. The Morgan fingerprint density at radius 2 is 1.57 bits per heavy atom. The minimum atomic E-state index is 0.693. The first-order valence-electron chi connectivity index (χ1n) is 4.12. The van der Waals surface area contributed by atoms with Gasteiger partial charge in [0.2, 0.25) is 0 Å². The Balaban J connectivity index is 2.61. The summed E-state index contributed by atoms with van der Waals surface area (Å²) in [6.07, 6.45) is 4.71. The minimum absolute atomic E-state index is 0.693. The van der Waals surface area contributed by atoms with E-state index in [1.807, 2.05) is 12.1 Å². The second kappa shape index (κ2) is 2.66. The van der Waals surface area contributed by atoms with Gasteiger partial charge in [0, 0.05) is 12.4 Å². The van der Waals surface area contributed by atoms with Crippen molar-refractivity contribution in [2.24, 2.45) is 0 Å². The van der Waals surface area contributed by atoms with Gasteiger partial charge in [0.25, 0.3) is 0 Å². The van der Waals surface area contributed by atoms with Crippen LogP contribution in [0.2, 0.25) is 0 Å². The van der Waals surface area contributed by atoms with Crippen LogP contribution in [0, 0.1) is 0 Å². The Hall–Kier alpha value is -2.17. The molecule has 3 rings (SSSR count). The summed E-state index contributed by atoms with van der Waals surface area (Å²) in [4.78, 5) is 12.5. The maximum atomic E-state index is 4.20. The van der Waals surface area contributed by atoms with Crippen LogP contribution in [-0.2, 0) is 0 Å². The molecule has 0 atom stereocenters. The molecule has 0 aliphatic rings. The fourth-order valence-corrected chi connectivity index (χ4v) is 1.39. The lowest BCUT2D eigenvalue weighted by Gasteiger charge is -1.97. The molecule has 2 heterocycles. The monoisotopic (exact) mass is 183 g/mol. The molecule has 0 aliphatic carbocycles. The van der Waals surface area contributed by atoms with E-state index in [1.165, 1.54) is 6.33 Å². The smallest absolute Gasteiger partial charge is 0.139 e. The van der Waals surface area contributed by atoms with Crippen molar-refractivity contribution in [1.29, 1.82) is 0 Å². The van der Waals surface area contributed by atoms with Gasteiger partial charge in [-0.05, 0) is 12.1 Å². The van der Waals surface area contributed by atoms with Gasteiger partial charge >= 0.3 is 0 Å². The molecule has 0 unspecified atom stereocenters. The highest BCUT2D eigenvalue weighted by molar-refractivity contribution is 5.98. The third kappa shape index (κ3) is 0.922. The van der Waals surface area contributed by atoms with E-state index in [-0.39, 0.29) is 0 Å². The van der Waals surface area contributed by atoms with Gasteiger partial charge in [-0.15, -0.1) is 10.2 Å². The molecule has 5 nitrogen and oxygen atoms in total. The number of benzene rings is 1. The van der Waals surface area contributed by atoms with Crippen molar-refractivity contribution in [2.45, 2.75) is 0 Å². The van der Waals surface area contributed by atoms with Gasteiger partial charge in [0.05, 0.1) is 11.0 Å². The number of hydrogen-bond acceptors (Lipinski definition) is 5. The lowest BCUT2D eigenvalue weighted by molar-refractivity contribution is 1.02. The molecule has 0 fully saturated rings. The van der Waals surface area contributed by atoms with E-state index < -0.39 is 0 Å². The van der Waals surface area contributed by atoms with Gasteiger partial charge in [0.1, 0.15) is 17.4 Å². The average Bonchev–Trinajstić information content (AvgIpc) is 2.29. The van der Waals surface area contributed by atoms with Crippen molar-refractivity contribution in [3.05, 3.63) is 30.9 Å². The SMILES string of the molecule is c1cnc2c(ccc3ncnnc32)n1. The van der Waals surface area contributed by atoms with Crippen molar-refractivity contribution in [3.8, 4) is 0 Å². The zero-order valence-corrected chi connectivity index (χ0v) is 7.12. The lowest BCUT2D eigenvalue weighted by atomic mass is 10.2. The Labute approximate surface area is 78.9 Å². The second-order valence-electron chi connectivity index (χ2n) is 2.82. The van der Waals surface area contributed by atoms with Crippen LogP contribution < -0.4 is 0 Å². The van der Waals surface area contributed by atoms with Crippen molar-refractivity contribution >= 4 is 22.1 Å². The summed E-state index contributed by atoms with van der Waals surface area (Å²) in [6, 6.07) is 3.74. The molecule has 5 heteroatoms. The van der Waals surface area contributed by atoms with Crippen LogP contribution in [-0.4, -0.2) is 25.1 Å². The fraction of sp³-hybridized carbons (Fsp3) is 0. The van der Waals surface area contributed by atoms with Crippen LogP contribution in [0.15, 0.2) is 30.9 Å². The predicted molar refractivity (Wildman–Crippen MR) is 50.4 cm³/mol. The number of aromatic nitrogens is 5. The first kappa shape index (κ1) is 7.25. The molecule has 3 aromatic rings. The fourth-order valence-electron chi connectivity index (χ4n) is 1.39. The van der Waals surface area contributed by atoms with Gasteiger partial charge in [0.15, 0.2) is 0 Å². The molecule has 0 saturated heterocycles. The molecule has 1 aromatic carbocycles. The molecule has 0 radical (unpaired) electrons. The van der Waals surface area contributed by atoms with Crippen molar-refractivity contribution in [2.75, 3.05) is 0 Å². The Kier molecular flexibility index (Phi) is 1.38. The molecule has 0 saturated carbocycles. The molecule has 66 valence electrons. The second-order valence-corrected chi connectivity index (χ2v) is 2.82. The maximum absolute atomic E-state index is 4.20. The average molecular weight is 183 g/mol. The van der Waals surface area contributed by atoms with Gasteiger partial charge in [-0.25, -0.2) is 4.98 Å². The van der Waals surface area contributed by atoms with Crippen molar-refractivity contribution in [1.82, 2.24) is 25.1 Å². The largest absolute Gasteiger partial charge is 0.253 e. The van der Waals surface area contributed by atoms with Crippen LogP contribution in [0.25, 0.3) is 22.1 Å². The highest BCUT2D eigenvalue weighted by Gasteiger charge is 2.03. The van der Waals surface area contributed by atoms with E-state index in [9.17, 15) is 0 Å². The Bertz CT molecular complexity index is 552. The van der Waals surface area contributed by atoms with Gasteiger partial charge in [-0.2, -0.15) is 0 Å². The number of rotatable bonds is 0. The molecule has 0 N–H and O–H groups in total. The van der Waals surface area contributed by atoms with Crippen LogP contribution in [0.4, 0.5) is 0 Å². The topological polar surface area (TPSA) is 64.5 Å². The van der Waals surface area contributed by atoms with Crippen LogP contribution >= 0.6 is 0 Å².